The summed E-state index contributed by atoms with van der Waals surface area (Å²) in [5.74, 6) is -0.782. The predicted octanol–water partition coefficient (Wildman–Crippen LogP) is 2.40. The molecule has 1 heterocycles. The van der Waals surface area contributed by atoms with Crippen molar-refractivity contribution < 1.29 is 23.5 Å². The van der Waals surface area contributed by atoms with Gasteiger partial charge in [-0.15, -0.1) is 0 Å². The van der Waals surface area contributed by atoms with Crippen LogP contribution < -0.4 is 0 Å². The summed E-state index contributed by atoms with van der Waals surface area (Å²) >= 11 is 0. The van der Waals surface area contributed by atoms with Gasteiger partial charge in [0.15, 0.2) is 8.32 Å². The first kappa shape index (κ1) is 21.3. The number of rotatable bonds is 7. The third-order valence-corrected chi connectivity index (χ3v) is 9.31. The van der Waals surface area contributed by atoms with Gasteiger partial charge in [0.25, 0.3) is 5.78 Å². The highest BCUT2D eigenvalue weighted by Gasteiger charge is 2.43. The van der Waals surface area contributed by atoms with Gasteiger partial charge in [-0.05, 0) is 25.1 Å². The number of ether oxygens (including phenoxy) is 1. The fourth-order valence-electron chi connectivity index (χ4n) is 2.43. The second-order valence-corrected chi connectivity index (χ2v) is 12.4. The van der Waals surface area contributed by atoms with Crippen LogP contribution in [0.4, 0.5) is 0 Å². The molecule has 0 amide bonds. The molecule has 8 heteroatoms. The van der Waals surface area contributed by atoms with E-state index in [1.807, 2.05) is 0 Å². The van der Waals surface area contributed by atoms with Crippen molar-refractivity contribution in [1.29, 1.82) is 0 Å². The Labute approximate surface area is 150 Å². The van der Waals surface area contributed by atoms with Crippen molar-refractivity contribution in [2.45, 2.75) is 64.4 Å². The zero-order valence-electron chi connectivity index (χ0n) is 16.0. The maximum absolute atomic E-state index is 12.2. The number of hydrogen-bond donors (Lipinski definition) is 0. The van der Waals surface area contributed by atoms with Gasteiger partial charge in [-0.3, -0.25) is 4.79 Å². The average molecular weight is 368 g/mol. The van der Waals surface area contributed by atoms with Crippen LogP contribution in [-0.4, -0.2) is 61.3 Å². The van der Waals surface area contributed by atoms with E-state index in [2.05, 4.69) is 38.7 Å². The maximum atomic E-state index is 12.2. The van der Waals surface area contributed by atoms with Gasteiger partial charge in [0, 0.05) is 25.2 Å². The molecule has 7 nitrogen and oxygen atoms in total. The number of carbonyl (C=O) groups is 2. The Morgan fingerprint density at radius 1 is 1.36 bits per heavy atom. The monoisotopic (exact) mass is 367 g/mol. The molecule has 1 saturated heterocycles. The van der Waals surface area contributed by atoms with Crippen molar-refractivity contribution in [3.05, 3.63) is 17.8 Å². The number of esters is 1. The maximum Gasteiger partial charge on any atom is 0.332 e. The molecule has 0 aliphatic carbocycles. The Morgan fingerprint density at radius 3 is 2.52 bits per heavy atom. The Balaban J connectivity index is 2.92. The van der Waals surface area contributed by atoms with Gasteiger partial charge in [0.2, 0.25) is 0 Å². The molecule has 140 valence electrons. The van der Waals surface area contributed by atoms with Crippen LogP contribution in [0.15, 0.2) is 12.3 Å². The molecule has 1 fully saturated rings. The minimum absolute atomic E-state index is 0.0628. The molecule has 0 bridgehead atoms. The molecule has 25 heavy (non-hydrogen) atoms. The third kappa shape index (κ3) is 5.92. The van der Waals surface area contributed by atoms with E-state index in [-0.39, 0.29) is 16.9 Å². The number of hydrogen-bond acceptors (Lipinski definition) is 5. The van der Waals surface area contributed by atoms with Crippen LogP contribution in [0.25, 0.3) is 5.53 Å². The third-order valence-electron chi connectivity index (χ3n) is 4.77. The van der Waals surface area contributed by atoms with Gasteiger partial charge in [0.1, 0.15) is 6.04 Å². The van der Waals surface area contributed by atoms with Gasteiger partial charge >= 0.3 is 12.2 Å². The first-order chi connectivity index (χ1) is 11.5. The van der Waals surface area contributed by atoms with Crippen LogP contribution >= 0.6 is 0 Å². The standard InChI is InChI=1S/C17H29N3O4Si/c1-7-23-16(22)8-9-20-12-13(10-14(20)15(21)11-19-18)24-25(5,6)17(2,3)4/h8-9,11,13-14H,7,10,12H2,1-6H3/b9-8+/t13-,14+/m1/s1. The number of ketones is 1. The molecule has 0 spiro atoms. The average Bonchev–Trinajstić information content (AvgIpc) is 2.87. The molecule has 0 aromatic rings. The predicted molar refractivity (Wildman–Crippen MR) is 97.6 cm³/mol. The zero-order valence-corrected chi connectivity index (χ0v) is 17.0. The lowest BCUT2D eigenvalue weighted by atomic mass is 10.1. The molecular weight excluding hydrogens is 338 g/mol. The second kappa shape index (κ2) is 8.56. The minimum atomic E-state index is -1.98. The normalized spacial score (nSPS) is 21.3. The van der Waals surface area contributed by atoms with Crippen LogP contribution in [-0.2, 0) is 18.8 Å². The Morgan fingerprint density at radius 2 is 2.00 bits per heavy atom. The number of carbonyl (C=O) groups excluding carboxylic acids is 2. The van der Waals surface area contributed by atoms with E-state index in [1.54, 1.807) is 18.0 Å². The van der Waals surface area contributed by atoms with Crippen LogP contribution in [0.3, 0.4) is 0 Å². The molecule has 0 radical (unpaired) electrons. The summed E-state index contributed by atoms with van der Waals surface area (Å²) in [6.07, 6.45) is 4.12. The molecule has 0 aromatic heterocycles. The lowest BCUT2D eigenvalue weighted by Crippen LogP contribution is -2.44. The van der Waals surface area contributed by atoms with Gasteiger partial charge in [0.05, 0.1) is 12.7 Å². The summed E-state index contributed by atoms with van der Waals surface area (Å²) in [7, 11) is -1.98. The van der Waals surface area contributed by atoms with E-state index < -0.39 is 20.3 Å². The largest absolute Gasteiger partial charge is 0.463 e. The fourth-order valence-corrected chi connectivity index (χ4v) is 3.79. The summed E-state index contributed by atoms with van der Waals surface area (Å²) in [5.41, 5.74) is 8.64. The fraction of sp³-hybridized carbons (Fsp3) is 0.706. The first-order valence-corrected chi connectivity index (χ1v) is 11.4. The zero-order chi connectivity index (χ0) is 19.3. The molecule has 2 atom stereocenters. The van der Waals surface area contributed by atoms with Crippen molar-refractivity contribution in [2.75, 3.05) is 13.2 Å². The summed E-state index contributed by atoms with van der Waals surface area (Å²) in [6.45, 7) is 13.3. The van der Waals surface area contributed by atoms with Crippen LogP contribution in [0, 0.1) is 0 Å². The summed E-state index contributed by atoms with van der Waals surface area (Å²) < 4.78 is 11.3. The van der Waals surface area contributed by atoms with E-state index in [9.17, 15) is 9.59 Å². The van der Waals surface area contributed by atoms with E-state index in [0.29, 0.717) is 19.6 Å². The van der Waals surface area contributed by atoms with Crippen LogP contribution in [0.5, 0.6) is 0 Å². The molecule has 0 unspecified atom stereocenters. The molecule has 0 N–H and O–H groups in total. The van der Waals surface area contributed by atoms with Gasteiger partial charge in [-0.25, -0.2) is 4.79 Å². The van der Waals surface area contributed by atoms with Crippen LogP contribution in [0.1, 0.15) is 34.1 Å². The summed E-state index contributed by atoms with van der Waals surface area (Å²) in [5, 5.41) is 0.0628. The van der Waals surface area contributed by atoms with Gasteiger partial charge in [-0.1, -0.05) is 20.8 Å². The van der Waals surface area contributed by atoms with Crippen molar-refractivity contribution >= 4 is 26.3 Å². The minimum Gasteiger partial charge on any atom is -0.463 e. The SMILES string of the molecule is CCOC(=O)/C=C/N1C[C@H](O[Si](C)(C)C(C)(C)C)C[C@H]1C(=O)C=[N+]=[N-]. The lowest BCUT2D eigenvalue weighted by molar-refractivity contribution is -0.137. The summed E-state index contributed by atoms with van der Waals surface area (Å²) in [6, 6.07) is -0.517. The summed E-state index contributed by atoms with van der Waals surface area (Å²) in [4.78, 5) is 28.3. The van der Waals surface area contributed by atoms with Gasteiger partial charge < -0.3 is 19.6 Å². The van der Waals surface area contributed by atoms with Crippen molar-refractivity contribution in [2.24, 2.45) is 0 Å². The van der Waals surface area contributed by atoms with Gasteiger partial charge in [-0.2, -0.15) is 4.79 Å². The second-order valence-electron chi connectivity index (χ2n) is 7.66. The molecule has 1 rings (SSSR count). The van der Waals surface area contributed by atoms with E-state index >= 15 is 0 Å². The Bertz CT molecular complexity index is 577. The smallest absolute Gasteiger partial charge is 0.332 e. The van der Waals surface area contributed by atoms with Crippen molar-refractivity contribution in [3.8, 4) is 0 Å². The highest BCUT2D eigenvalue weighted by Crippen LogP contribution is 2.38. The molecule has 0 saturated carbocycles. The Hall–Kier alpha value is -1.76. The highest BCUT2D eigenvalue weighted by molar-refractivity contribution is 6.74. The number of likely N-dealkylation sites (tertiary alicyclic amines) is 1. The lowest BCUT2D eigenvalue weighted by Gasteiger charge is -2.38. The first-order valence-electron chi connectivity index (χ1n) is 8.51. The Kier molecular flexibility index (Phi) is 7.28. The topological polar surface area (TPSA) is 92.2 Å². The van der Waals surface area contributed by atoms with E-state index in [0.717, 1.165) is 6.21 Å². The number of Topliss-reactive ketones (excluding diaryl/α,β-unsaturated/α-hetero) is 1. The van der Waals surface area contributed by atoms with Crippen molar-refractivity contribution in [3.63, 3.8) is 0 Å². The number of nitrogens with zero attached hydrogens (tertiary/aromatic N) is 3. The molecular formula is C17H29N3O4Si. The molecule has 1 aliphatic heterocycles. The molecule has 0 aromatic carbocycles. The molecule has 1 aliphatic rings. The highest BCUT2D eigenvalue weighted by atomic mass is 28.4. The van der Waals surface area contributed by atoms with E-state index in [4.69, 9.17) is 14.7 Å². The quantitative estimate of drug-likeness (QED) is 0.172. The van der Waals surface area contributed by atoms with Crippen LogP contribution in [0.2, 0.25) is 18.1 Å². The van der Waals surface area contributed by atoms with E-state index in [1.165, 1.54) is 6.08 Å². The van der Waals surface area contributed by atoms with Crippen molar-refractivity contribution in [1.82, 2.24) is 4.90 Å².